The van der Waals surface area contributed by atoms with Gasteiger partial charge in [-0.2, -0.15) is 0 Å². The van der Waals surface area contributed by atoms with E-state index in [-0.39, 0.29) is 6.04 Å². The summed E-state index contributed by atoms with van der Waals surface area (Å²) in [7, 11) is 0. The molecule has 0 saturated carbocycles. The van der Waals surface area contributed by atoms with E-state index in [1.807, 2.05) is 31.3 Å². The van der Waals surface area contributed by atoms with Crippen LogP contribution in [0.1, 0.15) is 58.6 Å². The SMILES string of the molecule is Cc1ccc(CNCc2ccc(CN(Cc3nc4ccccc4[nH]3)C3CCCc4cccnc43)cc2)o1. The fraction of sp³-hybridized carbons (Fsp3) is 0.290. The van der Waals surface area contributed by atoms with Gasteiger partial charge in [-0.05, 0) is 73.2 Å². The van der Waals surface area contributed by atoms with Gasteiger partial charge in [0.1, 0.15) is 17.3 Å². The molecule has 0 aliphatic heterocycles. The number of imidazole rings is 1. The van der Waals surface area contributed by atoms with E-state index in [4.69, 9.17) is 14.4 Å². The van der Waals surface area contributed by atoms with E-state index in [0.717, 1.165) is 67.4 Å². The van der Waals surface area contributed by atoms with E-state index in [2.05, 4.69) is 69.8 Å². The zero-order valence-corrected chi connectivity index (χ0v) is 21.3. The Kier molecular flexibility index (Phi) is 6.84. The molecule has 0 spiro atoms. The van der Waals surface area contributed by atoms with E-state index in [1.54, 1.807) is 0 Å². The third kappa shape index (κ3) is 5.50. The fourth-order valence-corrected chi connectivity index (χ4v) is 5.40. The standard InChI is InChI=1S/C31H33N5O/c1-22-11-16-26(37-22)19-32-18-23-12-14-24(15-13-23)20-36(21-30-34-27-8-2-3-9-28(27)35-30)29-10-4-6-25-7-5-17-33-31(25)29/h2-3,5,7-9,11-17,29,32H,4,6,10,18-21H2,1H3,(H,34,35). The number of H-pyrrole nitrogens is 1. The van der Waals surface area contributed by atoms with Gasteiger partial charge in [0.25, 0.3) is 0 Å². The maximum atomic E-state index is 5.65. The number of aromatic amines is 1. The highest BCUT2D eigenvalue weighted by molar-refractivity contribution is 5.74. The van der Waals surface area contributed by atoms with Crippen molar-refractivity contribution in [3.8, 4) is 0 Å². The first-order chi connectivity index (χ1) is 18.2. The van der Waals surface area contributed by atoms with Crippen molar-refractivity contribution in [1.29, 1.82) is 0 Å². The van der Waals surface area contributed by atoms with Gasteiger partial charge in [0, 0.05) is 19.3 Å². The molecule has 1 aliphatic carbocycles. The minimum atomic E-state index is 0.274. The number of benzene rings is 2. The Morgan fingerprint density at radius 1 is 0.946 bits per heavy atom. The number of hydrogen-bond donors (Lipinski definition) is 2. The van der Waals surface area contributed by atoms with Crippen LogP contribution < -0.4 is 5.32 Å². The molecule has 1 atom stereocenters. The lowest BCUT2D eigenvalue weighted by Crippen LogP contribution is -2.31. The molecule has 1 unspecified atom stereocenters. The molecule has 3 heterocycles. The van der Waals surface area contributed by atoms with Crippen molar-refractivity contribution < 1.29 is 4.42 Å². The molecule has 0 saturated heterocycles. The second kappa shape index (κ2) is 10.7. The number of hydrogen-bond acceptors (Lipinski definition) is 5. The van der Waals surface area contributed by atoms with Gasteiger partial charge in [-0.3, -0.25) is 9.88 Å². The summed E-state index contributed by atoms with van der Waals surface area (Å²) in [6.45, 7) is 5.11. The van der Waals surface area contributed by atoms with Crippen molar-refractivity contribution in [3.05, 3.63) is 119 Å². The van der Waals surface area contributed by atoms with E-state index >= 15 is 0 Å². The van der Waals surface area contributed by atoms with Crippen LogP contribution in [0.25, 0.3) is 11.0 Å². The quantitative estimate of drug-likeness (QED) is 0.256. The fourth-order valence-electron chi connectivity index (χ4n) is 5.40. The average molecular weight is 492 g/mol. The maximum Gasteiger partial charge on any atom is 0.121 e. The van der Waals surface area contributed by atoms with Crippen LogP contribution in [-0.4, -0.2) is 19.9 Å². The van der Waals surface area contributed by atoms with Crippen LogP contribution in [0.5, 0.6) is 0 Å². The molecule has 3 aromatic heterocycles. The van der Waals surface area contributed by atoms with Gasteiger partial charge in [0.05, 0.1) is 35.9 Å². The topological polar surface area (TPSA) is 70.0 Å². The Morgan fingerprint density at radius 3 is 2.65 bits per heavy atom. The Morgan fingerprint density at radius 2 is 1.81 bits per heavy atom. The zero-order chi connectivity index (χ0) is 25.0. The summed E-state index contributed by atoms with van der Waals surface area (Å²) in [6.07, 6.45) is 5.33. The number of furan rings is 1. The number of nitrogens with one attached hydrogen (secondary N) is 2. The van der Waals surface area contributed by atoms with E-state index in [1.165, 1.54) is 28.8 Å². The first-order valence-corrected chi connectivity index (χ1v) is 13.2. The molecule has 6 rings (SSSR count). The normalized spacial score (nSPS) is 15.4. The van der Waals surface area contributed by atoms with Crippen LogP contribution in [0.15, 0.2) is 83.4 Å². The number of rotatable bonds is 9. The third-order valence-corrected chi connectivity index (χ3v) is 7.23. The summed E-state index contributed by atoms with van der Waals surface area (Å²) in [5.41, 5.74) is 7.26. The Labute approximate surface area is 217 Å². The molecular weight excluding hydrogens is 458 g/mol. The molecule has 6 nitrogen and oxygen atoms in total. The van der Waals surface area contributed by atoms with Gasteiger partial charge < -0.3 is 14.7 Å². The van der Waals surface area contributed by atoms with Crippen molar-refractivity contribution >= 4 is 11.0 Å². The molecule has 0 bridgehead atoms. The minimum Gasteiger partial charge on any atom is -0.465 e. The average Bonchev–Trinajstić information content (AvgIpc) is 3.54. The van der Waals surface area contributed by atoms with Crippen molar-refractivity contribution in [2.75, 3.05) is 0 Å². The number of nitrogens with zero attached hydrogens (tertiary/aromatic N) is 3. The predicted octanol–water partition coefficient (Wildman–Crippen LogP) is 6.23. The first kappa shape index (κ1) is 23.6. The van der Waals surface area contributed by atoms with Gasteiger partial charge >= 0.3 is 0 Å². The molecule has 0 fully saturated rings. The number of fused-ring (bicyclic) bond motifs is 2. The molecule has 2 N–H and O–H groups in total. The first-order valence-electron chi connectivity index (χ1n) is 13.2. The summed E-state index contributed by atoms with van der Waals surface area (Å²) in [5.74, 6) is 2.92. The molecule has 37 heavy (non-hydrogen) atoms. The molecule has 6 heteroatoms. The molecule has 1 aliphatic rings. The monoisotopic (exact) mass is 491 g/mol. The molecule has 0 radical (unpaired) electrons. The van der Waals surface area contributed by atoms with Crippen LogP contribution >= 0.6 is 0 Å². The van der Waals surface area contributed by atoms with E-state index in [9.17, 15) is 0 Å². The van der Waals surface area contributed by atoms with Gasteiger partial charge in [-0.25, -0.2) is 4.98 Å². The van der Waals surface area contributed by atoms with Crippen LogP contribution in [0.3, 0.4) is 0 Å². The highest BCUT2D eigenvalue weighted by Crippen LogP contribution is 2.34. The van der Waals surface area contributed by atoms with Crippen LogP contribution in [-0.2, 0) is 32.6 Å². The maximum absolute atomic E-state index is 5.65. The van der Waals surface area contributed by atoms with Crippen LogP contribution in [0.4, 0.5) is 0 Å². The number of aryl methyl sites for hydroxylation is 2. The summed E-state index contributed by atoms with van der Waals surface area (Å²) in [5, 5.41) is 3.47. The van der Waals surface area contributed by atoms with Crippen LogP contribution in [0, 0.1) is 6.92 Å². The largest absolute Gasteiger partial charge is 0.465 e. The lowest BCUT2D eigenvalue weighted by atomic mass is 9.90. The summed E-state index contributed by atoms with van der Waals surface area (Å²) in [4.78, 5) is 15.8. The number of aromatic nitrogens is 3. The molecule has 2 aromatic carbocycles. The molecule has 188 valence electrons. The summed E-state index contributed by atoms with van der Waals surface area (Å²) in [6, 6.07) is 25.8. The highest BCUT2D eigenvalue weighted by atomic mass is 16.3. The van der Waals surface area contributed by atoms with E-state index in [0.29, 0.717) is 0 Å². The minimum absolute atomic E-state index is 0.274. The zero-order valence-electron chi connectivity index (χ0n) is 21.3. The van der Waals surface area contributed by atoms with Crippen molar-refractivity contribution in [3.63, 3.8) is 0 Å². The number of pyridine rings is 1. The molecule has 0 amide bonds. The Hall–Kier alpha value is -3.74. The molecular formula is C31H33N5O. The van der Waals surface area contributed by atoms with Crippen molar-refractivity contribution in [2.45, 2.75) is 58.4 Å². The van der Waals surface area contributed by atoms with Crippen molar-refractivity contribution in [2.24, 2.45) is 0 Å². The van der Waals surface area contributed by atoms with Gasteiger partial charge in [-0.15, -0.1) is 0 Å². The Balaban J connectivity index is 1.19. The van der Waals surface area contributed by atoms with Gasteiger partial charge in [0.15, 0.2) is 0 Å². The van der Waals surface area contributed by atoms with Gasteiger partial charge in [-0.1, -0.05) is 42.5 Å². The number of para-hydroxylation sites is 2. The lowest BCUT2D eigenvalue weighted by Gasteiger charge is -2.34. The summed E-state index contributed by atoms with van der Waals surface area (Å²) < 4.78 is 5.65. The highest BCUT2D eigenvalue weighted by Gasteiger charge is 2.28. The van der Waals surface area contributed by atoms with Crippen molar-refractivity contribution in [1.82, 2.24) is 25.2 Å². The van der Waals surface area contributed by atoms with Gasteiger partial charge in [0.2, 0.25) is 0 Å². The smallest absolute Gasteiger partial charge is 0.121 e. The Bertz CT molecular complexity index is 1440. The summed E-state index contributed by atoms with van der Waals surface area (Å²) >= 11 is 0. The van der Waals surface area contributed by atoms with Crippen LogP contribution in [0.2, 0.25) is 0 Å². The predicted molar refractivity (Wildman–Crippen MR) is 146 cm³/mol. The third-order valence-electron chi connectivity index (χ3n) is 7.23. The second-order valence-corrected chi connectivity index (χ2v) is 9.99. The lowest BCUT2D eigenvalue weighted by molar-refractivity contribution is 0.153. The second-order valence-electron chi connectivity index (χ2n) is 9.99. The molecule has 5 aromatic rings. The van der Waals surface area contributed by atoms with E-state index < -0.39 is 0 Å².